The van der Waals surface area contributed by atoms with Crippen LogP contribution in [0.1, 0.15) is 39.5 Å². The summed E-state index contributed by atoms with van der Waals surface area (Å²) in [5.41, 5.74) is 0. The normalized spacial score (nSPS) is 20.5. The third-order valence-corrected chi connectivity index (χ3v) is 3.01. The molecule has 1 heterocycles. The second kappa shape index (κ2) is 7.44. The number of allylic oxidation sites excluding steroid dienone is 1. The minimum absolute atomic E-state index is 0.157. The molecule has 0 aromatic rings. The number of nitrogens with one attached hydrogen (secondary N) is 1. The Kier molecular flexibility index (Phi) is 6.16. The number of carbonyl (C=O) groups is 1. The highest BCUT2D eigenvalue weighted by Crippen LogP contribution is 2.08. The molecule has 0 aromatic heterocycles. The lowest BCUT2D eigenvalue weighted by Gasteiger charge is -2.24. The highest BCUT2D eigenvalue weighted by molar-refractivity contribution is 5.87. The van der Waals surface area contributed by atoms with Crippen LogP contribution < -0.4 is 5.32 Å². The lowest BCUT2D eigenvalue weighted by atomic mass is 10.2. The van der Waals surface area contributed by atoms with Crippen molar-refractivity contribution < 1.29 is 4.79 Å². The summed E-state index contributed by atoms with van der Waals surface area (Å²) in [4.78, 5) is 13.8. The first-order valence-electron chi connectivity index (χ1n) is 6.43. The predicted octanol–water partition coefficient (Wildman–Crippen LogP) is 1.94. The quantitative estimate of drug-likeness (QED) is 0.699. The van der Waals surface area contributed by atoms with Gasteiger partial charge in [0.15, 0.2) is 0 Å². The second-order valence-electron chi connectivity index (χ2n) is 4.43. The van der Waals surface area contributed by atoms with Gasteiger partial charge >= 0.3 is 0 Å². The lowest BCUT2D eigenvalue weighted by molar-refractivity contribution is -0.126. The topological polar surface area (TPSA) is 32.3 Å². The van der Waals surface area contributed by atoms with E-state index in [1.54, 1.807) is 6.08 Å². The number of hydrogen-bond acceptors (Lipinski definition) is 2. The standard InChI is InChI=1S/C13H24N2O/c1-3-5-10-15(13(16)7-4-2)11-12-8-6-9-14-12/h4,7,12,14H,3,5-6,8-11H2,1-2H3/b7-4+. The monoisotopic (exact) mass is 224 g/mol. The number of amides is 1. The summed E-state index contributed by atoms with van der Waals surface area (Å²) in [5.74, 6) is 0.157. The Morgan fingerprint density at radius 2 is 2.38 bits per heavy atom. The zero-order valence-corrected chi connectivity index (χ0v) is 10.5. The van der Waals surface area contributed by atoms with E-state index >= 15 is 0 Å². The van der Waals surface area contributed by atoms with Gasteiger partial charge in [-0.05, 0) is 38.8 Å². The number of carbonyl (C=O) groups excluding carboxylic acids is 1. The predicted molar refractivity (Wildman–Crippen MR) is 67.3 cm³/mol. The van der Waals surface area contributed by atoms with Crippen molar-refractivity contribution >= 4 is 5.91 Å². The number of nitrogens with zero attached hydrogens (tertiary/aromatic N) is 1. The molecule has 3 heteroatoms. The van der Waals surface area contributed by atoms with Crippen molar-refractivity contribution in [2.75, 3.05) is 19.6 Å². The first kappa shape index (κ1) is 13.2. The van der Waals surface area contributed by atoms with Crippen molar-refractivity contribution in [3.8, 4) is 0 Å². The van der Waals surface area contributed by atoms with Gasteiger partial charge in [-0.15, -0.1) is 0 Å². The Morgan fingerprint density at radius 3 is 2.94 bits per heavy atom. The molecule has 1 aliphatic heterocycles. The fraction of sp³-hybridized carbons (Fsp3) is 0.769. The third-order valence-electron chi connectivity index (χ3n) is 3.01. The Morgan fingerprint density at radius 1 is 1.56 bits per heavy atom. The van der Waals surface area contributed by atoms with E-state index in [2.05, 4.69) is 12.2 Å². The molecule has 16 heavy (non-hydrogen) atoms. The Balaban J connectivity index is 2.44. The van der Waals surface area contributed by atoms with Crippen LogP contribution in [-0.2, 0) is 4.79 Å². The lowest BCUT2D eigenvalue weighted by Crippen LogP contribution is -2.40. The molecule has 1 amide bonds. The number of rotatable bonds is 6. The van der Waals surface area contributed by atoms with Gasteiger partial charge < -0.3 is 10.2 Å². The van der Waals surface area contributed by atoms with E-state index in [-0.39, 0.29) is 5.91 Å². The van der Waals surface area contributed by atoms with E-state index in [0.717, 1.165) is 32.5 Å². The molecule has 0 bridgehead atoms. The average molecular weight is 224 g/mol. The molecule has 1 atom stereocenters. The summed E-state index contributed by atoms with van der Waals surface area (Å²) in [6.45, 7) is 6.90. The van der Waals surface area contributed by atoms with Crippen LogP contribution in [-0.4, -0.2) is 36.5 Å². The van der Waals surface area contributed by atoms with Crippen LogP contribution in [0, 0.1) is 0 Å². The summed E-state index contributed by atoms with van der Waals surface area (Å²) in [6.07, 6.45) is 8.16. The molecule has 1 fully saturated rings. The highest BCUT2D eigenvalue weighted by atomic mass is 16.2. The molecule has 3 nitrogen and oxygen atoms in total. The molecule has 1 N–H and O–H groups in total. The van der Waals surface area contributed by atoms with Gasteiger partial charge in [-0.25, -0.2) is 0 Å². The van der Waals surface area contributed by atoms with Crippen LogP contribution >= 0.6 is 0 Å². The van der Waals surface area contributed by atoms with Gasteiger partial charge in [0, 0.05) is 19.1 Å². The van der Waals surface area contributed by atoms with E-state index in [1.807, 2.05) is 17.9 Å². The van der Waals surface area contributed by atoms with Crippen LogP contribution in [0.4, 0.5) is 0 Å². The summed E-state index contributed by atoms with van der Waals surface area (Å²) < 4.78 is 0. The molecule has 92 valence electrons. The van der Waals surface area contributed by atoms with E-state index in [9.17, 15) is 4.79 Å². The van der Waals surface area contributed by atoms with Crippen LogP contribution in [0.5, 0.6) is 0 Å². The van der Waals surface area contributed by atoms with Crippen molar-refractivity contribution in [3.05, 3.63) is 12.2 Å². The SMILES string of the molecule is C/C=C/C(=O)N(CCCC)CC1CCCN1. The summed E-state index contributed by atoms with van der Waals surface area (Å²) in [6, 6.07) is 0.506. The van der Waals surface area contributed by atoms with Gasteiger partial charge in [0.2, 0.25) is 5.91 Å². The largest absolute Gasteiger partial charge is 0.338 e. The summed E-state index contributed by atoms with van der Waals surface area (Å²) >= 11 is 0. The molecular weight excluding hydrogens is 200 g/mol. The summed E-state index contributed by atoms with van der Waals surface area (Å²) in [7, 11) is 0. The number of unbranched alkanes of at least 4 members (excludes halogenated alkanes) is 1. The smallest absolute Gasteiger partial charge is 0.246 e. The van der Waals surface area contributed by atoms with Crippen LogP contribution in [0.15, 0.2) is 12.2 Å². The minimum Gasteiger partial charge on any atom is -0.338 e. The van der Waals surface area contributed by atoms with Crippen molar-refractivity contribution in [1.29, 1.82) is 0 Å². The first-order chi connectivity index (χ1) is 7.77. The second-order valence-corrected chi connectivity index (χ2v) is 4.43. The molecule has 0 radical (unpaired) electrons. The van der Waals surface area contributed by atoms with Crippen molar-refractivity contribution in [3.63, 3.8) is 0 Å². The van der Waals surface area contributed by atoms with E-state index in [0.29, 0.717) is 6.04 Å². The maximum atomic E-state index is 11.8. The van der Waals surface area contributed by atoms with Gasteiger partial charge in [-0.1, -0.05) is 19.4 Å². The van der Waals surface area contributed by atoms with Crippen molar-refractivity contribution in [2.24, 2.45) is 0 Å². The van der Waals surface area contributed by atoms with Gasteiger partial charge in [0.25, 0.3) is 0 Å². The van der Waals surface area contributed by atoms with E-state index < -0.39 is 0 Å². The fourth-order valence-corrected chi connectivity index (χ4v) is 2.07. The fourth-order valence-electron chi connectivity index (χ4n) is 2.07. The van der Waals surface area contributed by atoms with Gasteiger partial charge in [0.1, 0.15) is 0 Å². The molecule has 0 spiro atoms. The average Bonchev–Trinajstić information content (AvgIpc) is 2.77. The Hall–Kier alpha value is -0.830. The molecule has 1 saturated heterocycles. The minimum atomic E-state index is 0.157. The Bertz CT molecular complexity index is 232. The highest BCUT2D eigenvalue weighted by Gasteiger charge is 2.19. The zero-order valence-electron chi connectivity index (χ0n) is 10.5. The van der Waals surface area contributed by atoms with Crippen molar-refractivity contribution in [1.82, 2.24) is 10.2 Å². The van der Waals surface area contributed by atoms with Crippen LogP contribution in [0.25, 0.3) is 0 Å². The molecule has 0 saturated carbocycles. The molecule has 0 aliphatic carbocycles. The van der Waals surface area contributed by atoms with Crippen molar-refractivity contribution in [2.45, 2.75) is 45.6 Å². The zero-order chi connectivity index (χ0) is 11.8. The number of hydrogen-bond donors (Lipinski definition) is 1. The van der Waals surface area contributed by atoms with Crippen LogP contribution in [0.3, 0.4) is 0 Å². The third kappa shape index (κ3) is 4.35. The molecule has 0 aromatic carbocycles. The van der Waals surface area contributed by atoms with Gasteiger partial charge in [-0.2, -0.15) is 0 Å². The molecule has 1 aliphatic rings. The van der Waals surface area contributed by atoms with Gasteiger partial charge in [-0.3, -0.25) is 4.79 Å². The first-order valence-corrected chi connectivity index (χ1v) is 6.43. The maximum absolute atomic E-state index is 11.8. The van der Waals surface area contributed by atoms with Gasteiger partial charge in [0.05, 0.1) is 0 Å². The molecule has 1 rings (SSSR count). The Labute approximate surface area is 98.9 Å². The van der Waals surface area contributed by atoms with E-state index in [4.69, 9.17) is 0 Å². The van der Waals surface area contributed by atoms with E-state index in [1.165, 1.54) is 12.8 Å². The molecule has 1 unspecified atom stereocenters. The summed E-state index contributed by atoms with van der Waals surface area (Å²) in [5, 5.41) is 3.44. The maximum Gasteiger partial charge on any atom is 0.246 e. The molecular formula is C13H24N2O. The van der Waals surface area contributed by atoms with Crippen LogP contribution in [0.2, 0.25) is 0 Å².